The fraction of sp³-hybridized carbons (Fsp3) is 0.273. The van der Waals surface area contributed by atoms with E-state index in [9.17, 15) is 19.7 Å². The molecule has 1 amide bonds. The van der Waals surface area contributed by atoms with Crippen LogP contribution in [0.3, 0.4) is 0 Å². The first kappa shape index (κ1) is 14.6. The van der Waals surface area contributed by atoms with Crippen LogP contribution in [0.25, 0.3) is 0 Å². The number of carboxylic acid groups (broad SMARTS) is 1. The van der Waals surface area contributed by atoms with Gasteiger partial charge in [0.25, 0.3) is 5.69 Å². The maximum absolute atomic E-state index is 10.8. The van der Waals surface area contributed by atoms with Gasteiger partial charge in [-0.2, -0.15) is 0 Å². The highest BCUT2D eigenvalue weighted by Crippen LogP contribution is 2.13. The Morgan fingerprint density at radius 2 is 1.84 bits per heavy atom. The number of amides is 1. The molecule has 0 unspecified atom stereocenters. The largest absolute Gasteiger partial charge is 0.480 e. The zero-order chi connectivity index (χ0) is 14.4. The summed E-state index contributed by atoms with van der Waals surface area (Å²) in [6.07, 6.45) is 0. The number of hydrogen-bond donors (Lipinski definition) is 2. The van der Waals surface area contributed by atoms with Gasteiger partial charge in [-0.3, -0.25) is 24.6 Å². The molecule has 0 spiro atoms. The third-order valence-corrected chi connectivity index (χ3v) is 2.29. The van der Waals surface area contributed by atoms with Crippen LogP contribution in [0.4, 0.5) is 5.69 Å². The van der Waals surface area contributed by atoms with Crippen molar-refractivity contribution in [1.29, 1.82) is 0 Å². The lowest BCUT2D eigenvalue weighted by Crippen LogP contribution is -2.36. The Morgan fingerprint density at radius 3 is 2.26 bits per heavy atom. The molecule has 1 rings (SSSR count). The van der Waals surface area contributed by atoms with Gasteiger partial charge in [-0.05, 0) is 5.56 Å². The molecular weight excluding hydrogens is 254 g/mol. The first-order valence-electron chi connectivity index (χ1n) is 5.34. The summed E-state index contributed by atoms with van der Waals surface area (Å²) in [4.78, 5) is 32.8. The van der Waals surface area contributed by atoms with Crippen molar-refractivity contribution in [2.75, 3.05) is 13.1 Å². The maximum atomic E-state index is 10.8. The van der Waals surface area contributed by atoms with E-state index in [4.69, 9.17) is 10.8 Å². The lowest BCUT2D eigenvalue weighted by molar-refractivity contribution is -0.384. The predicted octanol–water partition coefficient (Wildman–Crippen LogP) is -0.0333. The Morgan fingerprint density at radius 1 is 1.26 bits per heavy atom. The molecular formula is C11H13N3O5. The van der Waals surface area contributed by atoms with Gasteiger partial charge in [-0.25, -0.2) is 0 Å². The maximum Gasteiger partial charge on any atom is 0.317 e. The van der Waals surface area contributed by atoms with Crippen molar-refractivity contribution in [2.45, 2.75) is 6.54 Å². The van der Waals surface area contributed by atoms with E-state index in [1.54, 1.807) is 0 Å². The van der Waals surface area contributed by atoms with Gasteiger partial charge in [-0.15, -0.1) is 0 Å². The highest BCUT2D eigenvalue weighted by atomic mass is 16.6. The summed E-state index contributed by atoms with van der Waals surface area (Å²) < 4.78 is 0. The van der Waals surface area contributed by atoms with E-state index < -0.39 is 16.8 Å². The molecule has 1 aromatic rings. The molecule has 0 heterocycles. The third kappa shape index (κ3) is 5.13. The van der Waals surface area contributed by atoms with E-state index >= 15 is 0 Å². The highest BCUT2D eigenvalue weighted by Gasteiger charge is 2.13. The van der Waals surface area contributed by atoms with Crippen LogP contribution in [0.1, 0.15) is 5.56 Å². The van der Waals surface area contributed by atoms with Crippen molar-refractivity contribution in [2.24, 2.45) is 5.73 Å². The zero-order valence-corrected chi connectivity index (χ0v) is 9.98. The van der Waals surface area contributed by atoms with E-state index in [2.05, 4.69) is 0 Å². The second-order valence-corrected chi connectivity index (χ2v) is 3.93. The minimum Gasteiger partial charge on any atom is -0.480 e. The average molecular weight is 267 g/mol. The Bertz CT molecular complexity index is 470. The predicted molar refractivity (Wildman–Crippen MR) is 65.2 cm³/mol. The van der Waals surface area contributed by atoms with E-state index in [-0.39, 0.29) is 25.3 Å². The molecule has 0 saturated heterocycles. The van der Waals surface area contributed by atoms with Crippen molar-refractivity contribution in [3.05, 3.63) is 39.9 Å². The number of carbonyl (C=O) groups is 2. The van der Waals surface area contributed by atoms with Gasteiger partial charge in [-0.1, -0.05) is 12.1 Å². The molecule has 0 aliphatic heterocycles. The minimum absolute atomic E-state index is 0.0524. The van der Waals surface area contributed by atoms with Crippen molar-refractivity contribution in [1.82, 2.24) is 4.90 Å². The first-order valence-corrected chi connectivity index (χ1v) is 5.34. The van der Waals surface area contributed by atoms with Gasteiger partial charge >= 0.3 is 5.97 Å². The molecule has 8 heteroatoms. The molecule has 0 aromatic heterocycles. The summed E-state index contributed by atoms with van der Waals surface area (Å²) in [6.45, 7) is -0.351. The number of nitro groups is 1. The van der Waals surface area contributed by atoms with Crippen molar-refractivity contribution < 1.29 is 19.6 Å². The van der Waals surface area contributed by atoms with Gasteiger partial charge in [0, 0.05) is 18.7 Å². The molecule has 0 aliphatic rings. The van der Waals surface area contributed by atoms with Gasteiger partial charge in [0.1, 0.15) is 0 Å². The molecule has 0 radical (unpaired) electrons. The molecule has 8 nitrogen and oxygen atoms in total. The smallest absolute Gasteiger partial charge is 0.317 e. The Kier molecular flexibility index (Phi) is 4.95. The number of benzene rings is 1. The Balaban J connectivity index is 2.74. The summed E-state index contributed by atoms with van der Waals surface area (Å²) in [5.74, 6) is -1.72. The number of aliphatic carboxylic acids is 1. The molecule has 0 aliphatic carbocycles. The van der Waals surface area contributed by atoms with Gasteiger partial charge < -0.3 is 10.8 Å². The van der Waals surface area contributed by atoms with Gasteiger partial charge in [0.05, 0.1) is 18.0 Å². The fourth-order valence-corrected chi connectivity index (χ4v) is 1.56. The topological polar surface area (TPSA) is 127 Å². The van der Waals surface area contributed by atoms with Crippen LogP contribution in [0.2, 0.25) is 0 Å². The number of primary amides is 1. The lowest BCUT2D eigenvalue weighted by Gasteiger charge is -2.18. The van der Waals surface area contributed by atoms with Crippen LogP contribution in [0.5, 0.6) is 0 Å². The summed E-state index contributed by atoms with van der Waals surface area (Å²) in [6, 6.07) is 5.65. The van der Waals surface area contributed by atoms with Crippen LogP contribution in [-0.4, -0.2) is 39.9 Å². The number of non-ortho nitro benzene ring substituents is 1. The molecule has 19 heavy (non-hydrogen) atoms. The average Bonchev–Trinajstić information content (AvgIpc) is 2.27. The van der Waals surface area contributed by atoms with E-state index in [0.717, 1.165) is 0 Å². The number of rotatable bonds is 7. The van der Waals surface area contributed by atoms with Gasteiger partial charge in [0.2, 0.25) is 5.91 Å². The van der Waals surface area contributed by atoms with Crippen LogP contribution in [-0.2, 0) is 16.1 Å². The Hall–Kier alpha value is -2.48. The lowest BCUT2D eigenvalue weighted by atomic mass is 10.2. The molecule has 3 N–H and O–H groups in total. The van der Waals surface area contributed by atoms with Gasteiger partial charge in [0.15, 0.2) is 0 Å². The van der Waals surface area contributed by atoms with Crippen molar-refractivity contribution in [3.8, 4) is 0 Å². The fourth-order valence-electron chi connectivity index (χ4n) is 1.56. The highest BCUT2D eigenvalue weighted by molar-refractivity contribution is 5.77. The van der Waals surface area contributed by atoms with E-state index in [1.165, 1.54) is 29.2 Å². The first-order chi connectivity index (χ1) is 8.88. The van der Waals surface area contributed by atoms with Crippen LogP contribution < -0.4 is 5.73 Å². The molecule has 0 saturated carbocycles. The number of nitrogens with two attached hydrogens (primary N) is 1. The number of nitrogens with zero attached hydrogens (tertiary/aromatic N) is 2. The standard InChI is InChI=1S/C11H13N3O5/c12-10(15)6-13(7-11(16)17)5-8-1-3-9(4-2-8)14(18)19/h1-4H,5-7H2,(H2,12,15)(H,16,17). The molecule has 0 fully saturated rings. The quantitative estimate of drug-likeness (QED) is 0.527. The van der Waals surface area contributed by atoms with E-state index in [0.29, 0.717) is 5.56 Å². The second kappa shape index (κ2) is 6.45. The molecule has 0 atom stereocenters. The van der Waals surface area contributed by atoms with Crippen LogP contribution in [0, 0.1) is 10.1 Å². The normalized spacial score (nSPS) is 10.4. The van der Waals surface area contributed by atoms with E-state index in [1.807, 2.05) is 0 Å². The summed E-state index contributed by atoms with van der Waals surface area (Å²) in [7, 11) is 0. The number of hydrogen-bond acceptors (Lipinski definition) is 5. The Labute approximate surface area is 108 Å². The number of nitro benzene ring substituents is 1. The summed E-state index contributed by atoms with van der Waals surface area (Å²) in [5.41, 5.74) is 5.63. The number of carboxylic acids is 1. The molecule has 1 aromatic carbocycles. The zero-order valence-electron chi connectivity index (χ0n) is 9.98. The number of carbonyl (C=O) groups excluding carboxylic acids is 1. The van der Waals surface area contributed by atoms with Crippen molar-refractivity contribution >= 4 is 17.6 Å². The van der Waals surface area contributed by atoms with Crippen LogP contribution >= 0.6 is 0 Å². The van der Waals surface area contributed by atoms with Crippen molar-refractivity contribution in [3.63, 3.8) is 0 Å². The summed E-state index contributed by atoms with van der Waals surface area (Å²) in [5, 5.41) is 19.2. The monoisotopic (exact) mass is 267 g/mol. The molecule has 102 valence electrons. The minimum atomic E-state index is -1.08. The summed E-state index contributed by atoms with van der Waals surface area (Å²) >= 11 is 0. The third-order valence-electron chi connectivity index (χ3n) is 2.29. The van der Waals surface area contributed by atoms with Crippen LogP contribution in [0.15, 0.2) is 24.3 Å². The molecule has 0 bridgehead atoms. The second-order valence-electron chi connectivity index (χ2n) is 3.93. The SMILES string of the molecule is NC(=O)CN(CC(=O)O)Cc1ccc([N+](=O)[O-])cc1.